The maximum absolute atomic E-state index is 12.5. The number of hydrogen-bond acceptors (Lipinski definition) is 2. The number of benzene rings is 1. The number of Topliss-reactive ketones (excluding diaryl/α,β-unsaturated/α-hetero) is 1. The molecule has 1 aromatic rings. The van der Waals surface area contributed by atoms with Crippen LogP contribution in [0.3, 0.4) is 0 Å². The molecule has 1 rings (SSSR count). The second-order valence-corrected chi connectivity index (χ2v) is 3.20. The predicted octanol–water partition coefficient (Wildman–Crippen LogP) is 3.42. The quantitative estimate of drug-likeness (QED) is 0.610. The number of halogens is 5. The molecule has 7 heteroatoms. The summed E-state index contributed by atoms with van der Waals surface area (Å²) in [6.45, 7) is 1.24. The molecule has 17 heavy (non-hydrogen) atoms. The largest absolute Gasteiger partial charge is 0.499 e. The average Bonchev–Trinajstić information content (AvgIpc) is 2.16. The van der Waals surface area contributed by atoms with Gasteiger partial charge in [0.1, 0.15) is 5.75 Å². The van der Waals surface area contributed by atoms with Crippen LogP contribution in [0, 0.1) is 0 Å². The van der Waals surface area contributed by atoms with Gasteiger partial charge in [-0.05, 0) is 31.2 Å². The second kappa shape index (κ2) is 4.31. The summed E-state index contributed by atoms with van der Waals surface area (Å²) in [7, 11) is 0. The summed E-state index contributed by atoms with van der Waals surface area (Å²) < 4.78 is 63.8. The Morgan fingerprint density at radius 3 is 1.88 bits per heavy atom. The molecule has 0 saturated heterocycles. The molecule has 94 valence electrons. The highest BCUT2D eigenvalue weighted by Crippen LogP contribution is 2.37. The molecule has 0 amide bonds. The summed E-state index contributed by atoms with van der Waals surface area (Å²) in [4.78, 5) is 10.8. The minimum Gasteiger partial charge on any atom is -0.426 e. The van der Waals surface area contributed by atoms with Crippen LogP contribution in [0.15, 0.2) is 24.3 Å². The zero-order valence-electron chi connectivity index (χ0n) is 8.52. The molecule has 0 unspecified atom stereocenters. The molecule has 0 N–H and O–H groups in total. The van der Waals surface area contributed by atoms with Gasteiger partial charge in [-0.2, -0.15) is 22.0 Å². The van der Waals surface area contributed by atoms with E-state index in [0.29, 0.717) is 0 Å². The lowest BCUT2D eigenvalue weighted by molar-refractivity contribution is -0.360. The topological polar surface area (TPSA) is 26.3 Å². The van der Waals surface area contributed by atoms with Crippen LogP contribution in [-0.4, -0.2) is 18.1 Å². The predicted molar refractivity (Wildman–Crippen MR) is 48.1 cm³/mol. The first-order chi connectivity index (χ1) is 7.63. The number of ether oxygens (including phenoxy) is 1. The zero-order chi connectivity index (χ0) is 13.3. The highest BCUT2D eigenvalue weighted by Gasteiger charge is 2.61. The van der Waals surface area contributed by atoms with Crippen molar-refractivity contribution < 1.29 is 31.5 Å². The normalized spacial score (nSPS) is 12.4. The summed E-state index contributed by atoms with van der Waals surface area (Å²) in [5.74, 6) is -1.00. The molecular formula is C10H7F5O2. The minimum absolute atomic E-state index is 0.188. The summed E-state index contributed by atoms with van der Waals surface area (Å²) >= 11 is 0. The molecule has 0 heterocycles. The van der Waals surface area contributed by atoms with Crippen molar-refractivity contribution in [2.45, 2.75) is 19.2 Å². The van der Waals surface area contributed by atoms with E-state index in [2.05, 4.69) is 4.74 Å². The van der Waals surface area contributed by atoms with Crippen molar-refractivity contribution in [3.8, 4) is 5.75 Å². The molecule has 0 aliphatic heterocycles. The van der Waals surface area contributed by atoms with Gasteiger partial charge in [0.2, 0.25) is 0 Å². The van der Waals surface area contributed by atoms with Gasteiger partial charge >= 0.3 is 12.3 Å². The van der Waals surface area contributed by atoms with Gasteiger partial charge < -0.3 is 4.74 Å². The summed E-state index contributed by atoms with van der Waals surface area (Å²) in [5.41, 5.74) is 0.188. The molecule has 0 bridgehead atoms. The van der Waals surface area contributed by atoms with Crippen LogP contribution in [0.2, 0.25) is 0 Å². The number of alkyl halides is 5. The zero-order valence-corrected chi connectivity index (χ0v) is 8.52. The fourth-order valence-electron chi connectivity index (χ4n) is 0.964. The number of rotatable bonds is 3. The van der Waals surface area contributed by atoms with E-state index in [1.807, 2.05) is 0 Å². The van der Waals surface area contributed by atoms with E-state index in [9.17, 15) is 26.7 Å². The molecule has 2 nitrogen and oxygen atoms in total. The van der Waals surface area contributed by atoms with Crippen LogP contribution in [0.5, 0.6) is 5.75 Å². The molecule has 0 spiro atoms. The second-order valence-electron chi connectivity index (χ2n) is 3.20. The number of carbonyl (C=O) groups excluding carboxylic acids is 1. The van der Waals surface area contributed by atoms with Gasteiger partial charge in [-0.25, -0.2) is 0 Å². The van der Waals surface area contributed by atoms with E-state index in [1.165, 1.54) is 6.92 Å². The van der Waals surface area contributed by atoms with Gasteiger partial charge in [-0.15, -0.1) is 0 Å². The first kappa shape index (κ1) is 13.4. The van der Waals surface area contributed by atoms with Crippen LogP contribution in [0.25, 0.3) is 0 Å². The van der Waals surface area contributed by atoms with E-state index in [0.717, 1.165) is 24.3 Å². The molecule has 0 saturated carbocycles. The van der Waals surface area contributed by atoms with Gasteiger partial charge in [-0.3, -0.25) is 4.79 Å². The molecule has 0 radical (unpaired) electrons. The van der Waals surface area contributed by atoms with Gasteiger partial charge in [0, 0.05) is 5.56 Å². The molecule has 0 fully saturated rings. The van der Waals surface area contributed by atoms with Crippen LogP contribution in [-0.2, 0) is 0 Å². The third-order valence-corrected chi connectivity index (χ3v) is 1.84. The number of hydrogen-bond donors (Lipinski definition) is 0. The van der Waals surface area contributed by atoms with Crippen molar-refractivity contribution in [2.24, 2.45) is 0 Å². The van der Waals surface area contributed by atoms with Crippen LogP contribution in [0.4, 0.5) is 22.0 Å². The van der Waals surface area contributed by atoms with Crippen LogP contribution < -0.4 is 4.74 Å². The molecular weight excluding hydrogens is 247 g/mol. The van der Waals surface area contributed by atoms with Gasteiger partial charge in [0.05, 0.1) is 0 Å². The Morgan fingerprint density at radius 1 is 1.06 bits per heavy atom. The van der Waals surface area contributed by atoms with Crippen molar-refractivity contribution in [3.05, 3.63) is 29.8 Å². The smallest absolute Gasteiger partial charge is 0.426 e. The van der Waals surface area contributed by atoms with Crippen molar-refractivity contribution in [3.63, 3.8) is 0 Å². The molecule has 0 aromatic heterocycles. The van der Waals surface area contributed by atoms with E-state index in [-0.39, 0.29) is 11.3 Å². The minimum atomic E-state index is -5.79. The first-order valence-electron chi connectivity index (χ1n) is 4.38. The number of carbonyl (C=O) groups is 1. The molecule has 0 atom stereocenters. The standard InChI is InChI=1S/C10H7F5O2/c1-6(16)7-2-4-8(5-3-7)17-10(14,15)9(11,12)13/h2-5H,1H3. The van der Waals surface area contributed by atoms with Gasteiger partial charge in [0.25, 0.3) is 0 Å². The summed E-state index contributed by atoms with van der Waals surface area (Å²) in [6, 6.07) is 3.95. The van der Waals surface area contributed by atoms with Crippen molar-refractivity contribution in [1.82, 2.24) is 0 Å². The third kappa shape index (κ3) is 3.15. The molecule has 0 aliphatic carbocycles. The van der Waals surface area contributed by atoms with Gasteiger partial charge in [-0.1, -0.05) is 0 Å². The first-order valence-corrected chi connectivity index (χ1v) is 4.38. The van der Waals surface area contributed by atoms with E-state index >= 15 is 0 Å². The monoisotopic (exact) mass is 254 g/mol. The Balaban J connectivity index is 2.86. The fraction of sp³-hybridized carbons (Fsp3) is 0.300. The SMILES string of the molecule is CC(=O)c1ccc(OC(F)(F)C(F)(F)F)cc1. The Kier molecular flexibility index (Phi) is 3.40. The number of ketones is 1. The van der Waals surface area contributed by atoms with Gasteiger partial charge in [0.15, 0.2) is 5.78 Å². The highest BCUT2D eigenvalue weighted by atomic mass is 19.4. The van der Waals surface area contributed by atoms with Crippen LogP contribution >= 0.6 is 0 Å². The Morgan fingerprint density at radius 2 is 1.53 bits per heavy atom. The lowest BCUT2D eigenvalue weighted by atomic mass is 10.1. The van der Waals surface area contributed by atoms with E-state index in [4.69, 9.17) is 0 Å². The van der Waals surface area contributed by atoms with Crippen molar-refractivity contribution in [2.75, 3.05) is 0 Å². The van der Waals surface area contributed by atoms with Crippen LogP contribution in [0.1, 0.15) is 17.3 Å². The molecule has 0 aliphatic rings. The Labute approximate surface area is 93.0 Å². The Hall–Kier alpha value is -1.66. The fourth-order valence-corrected chi connectivity index (χ4v) is 0.964. The third-order valence-electron chi connectivity index (χ3n) is 1.84. The summed E-state index contributed by atoms with van der Waals surface area (Å²) in [6.07, 6.45) is -11.0. The van der Waals surface area contributed by atoms with E-state index < -0.39 is 18.0 Å². The lowest BCUT2D eigenvalue weighted by Gasteiger charge is -2.20. The van der Waals surface area contributed by atoms with Crippen molar-refractivity contribution in [1.29, 1.82) is 0 Å². The lowest BCUT2D eigenvalue weighted by Crippen LogP contribution is -2.41. The highest BCUT2D eigenvalue weighted by molar-refractivity contribution is 5.94. The maximum atomic E-state index is 12.5. The van der Waals surface area contributed by atoms with E-state index in [1.54, 1.807) is 0 Å². The Bertz CT molecular complexity index is 408. The maximum Gasteiger partial charge on any atom is 0.499 e. The van der Waals surface area contributed by atoms with Crippen molar-refractivity contribution >= 4 is 5.78 Å². The molecule has 1 aromatic carbocycles. The summed E-state index contributed by atoms with van der Waals surface area (Å²) in [5, 5.41) is 0. The average molecular weight is 254 g/mol.